The van der Waals surface area contributed by atoms with Crippen molar-refractivity contribution in [2.75, 3.05) is 7.11 Å². The first-order chi connectivity index (χ1) is 8.17. The molecule has 1 aromatic carbocycles. The molecule has 0 amide bonds. The summed E-state index contributed by atoms with van der Waals surface area (Å²) >= 11 is 0. The van der Waals surface area contributed by atoms with Crippen LogP contribution in [0.1, 0.15) is 31.7 Å². The highest BCUT2D eigenvalue weighted by atomic mass is 16.5. The van der Waals surface area contributed by atoms with Crippen LogP contribution >= 0.6 is 0 Å². The fourth-order valence-corrected chi connectivity index (χ4v) is 1.37. The predicted octanol–water partition coefficient (Wildman–Crippen LogP) is 2.63. The molecule has 0 aliphatic heterocycles. The fourth-order valence-electron chi connectivity index (χ4n) is 1.37. The van der Waals surface area contributed by atoms with E-state index in [0.29, 0.717) is 12.2 Å². The number of phenolic OH excluding ortho intramolecular Hbond substituents is 1. The van der Waals surface area contributed by atoms with Gasteiger partial charge in [-0.25, -0.2) is 0 Å². The second kappa shape index (κ2) is 6.78. The molecule has 0 aliphatic carbocycles. The Labute approximate surface area is 101 Å². The molecule has 0 aliphatic rings. The van der Waals surface area contributed by atoms with Crippen LogP contribution in [0.5, 0.6) is 11.5 Å². The standard InChI is InChI=1S/C13H18O4/c1-3-4-5-13(15)17-9-10-6-7-11(14)12(8-10)16-2/h6-8,14H,3-5,9H2,1-2H3. The second-order valence-electron chi connectivity index (χ2n) is 3.77. The van der Waals surface area contributed by atoms with E-state index in [1.165, 1.54) is 13.2 Å². The number of aromatic hydroxyl groups is 1. The molecule has 4 nitrogen and oxygen atoms in total. The molecule has 17 heavy (non-hydrogen) atoms. The van der Waals surface area contributed by atoms with Crippen LogP contribution in [0.3, 0.4) is 0 Å². The number of phenols is 1. The number of rotatable bonds is 6. The Morgan fingerprint density at radius 1 is 1.41 bits per heavy atom. The second-order valence-corrected chi connectivity index (χ2v) is 3.77. The van der Waals surface area contributed by atoms with Crippen molar-refractivity contribution in [2.24, 2.45) is 0 Å². The Morgan fingerprint density at radius 3 is 2.82 bits per heavy atom. The van der Waals surface area contributed by atoms with Gasteiger partial charge in [-0.1, -0.05) is 19.4 Å². The van der Waals surface area contributed by atoms with Crippen molar-refractivity contribution in [3.8, 4) is 11.5 Å². The van der Waals surface area contributed by atoms with Crippen LogP contribution in [0.2, 0.25) is 0 Å². The molecule has 0 fully saturated rings. The van der Waals surface area contributed by atoms with Gasteiger partial charge in [-0.05, 0) is 24.1 Å². The third kappa shape index (κ3) is 4.34. The van der Waals surface area contributed by atoms with E-state index in [1.807, 2.05) is 6.92 Å². The summed E-state index contributed by atoms with van der Waals surface area (Å²) in [6, 6.07) is 4.88. The van der Waals surface area contributed by atoms with Crippen molar-refractivity contribution < 1.29 is 19.4 Å². The summed E-state index contributed by atoms with van der Waals surface area (Å²) in [5.41, 5.74) is 0.796. The Morgan fingerprint density at radius 2 is 2.18 bits per heavy atom. The SMILES string of the molecule is CCCCC(=O)OCc1ccc(O)c(OC)c1. The lowest BCUT2D eigenvalue weighted by atomic mass is 10.2. The smallest absolute Gasteiger partial charge is 0.306 e. The van der Waals surface area contributed by atoms with Crippen molar-refractivity contribution in [1.29, 1.82) is 0 Å². The van der Waals surface area contributed by atoms with Gasteiger partial charge < -0.3 is 14.6 Å². The van der Waals surface area contributed by atoms with Crippen LogP contribution in [0.25, 0.3) is 0 Å². The van der Waals surface area contributed by atoms with Gasteiger partial charge >= 0.3 is 5.97 Å². The van der Waals surface area contributed by atoms with Crippen LogP contribution in [0.4, 0.5) is 0 Å². The summed E-state index contributed by atoms with van der Waals surface area (Å²) < 4.78 is 10.1. The number of unbranched alkanes of at least 4 members (excludes halogenated alkanes) is 1. The number of carbonyl (C=O) groups excluding carboxylic acids is 1. The van der Waals surface area contributed by atoms with Gasteiger partial charge in [0, 0.05) is 6.42 Å². The molecule has 0 heterocycles. The monoisotopic (exact) mass is 238 g/mol. The van der Waals surface area contributed by atoms with Gasteiger partial charge in [0.1, 0.15) is 6.61 Å². The highest BCUT2D eigenvalue weighted by Crippen LogP contribution is 2.26. The van der Waals surface area contributed by atoms with Gasteiger partial charge in [0.05, 0.1) is 7.11 Å². The molecular weight excluding hydrogens is 220 g/mol. The summed E-state index contributed by atoms with van der Waals surface area (Å²) in [5, 5.41) is 9.40. The number of hydrogen-bond acceptors (Lipinski definition) is 4. The zero-order chi connectivity index (χ0) is 12.7. The minimum absolute atomic E-state index is 0.0774. The zero-order valence-electron chi connectivity index (χ0n) is 10.2. The topological polar surface area (TPSA) is 55.8 Å². The van der Waals surface area contributed by atoms with Crippen LogP contribution < -0.4 is 4.74 Å². The molecule has 0 atom stereocenters. The molecule has 94 valence electrons. The number of ether oxygens (including phenoxy) is 2. The van der Waals surface area contributed by atoms with E-state index in [0.717, 1.165) is 18.4 Å². The number of hydrogen-bond donors (Lipinski definition) is 1. The Kier molecular flexibility index (Phi) is 5.33. The molecular formula is C13H18O4. The normalized spacial score (nSPS) is 10.0. The van der Waals surface area contributed by atoms with E-state index in [2.05, 4.69) is 0 Å². The Hall–Kier alpha value is -1.71. The maximum absolute atomic E-state index is 11.3. The van der Waals surface area contributed by atoms with Crippen LogP contribution in [-0.2, 0) is 16.1 Å². The summed E-state index contributed by atoms with van der Waals surface area (Å²) in [7, 11) is 1.48. The van der Waals surface area contributed by atoms with Crippen molar-refractivity contribution >= 4 is 5.97 Å². The van der Waals surface area contributed by atoms with Gasteiger partial charge in [-0.15, -0.1) is 0 Å². The molecule has 0 radical (unpaired) electrons. The van der Waals surface area contributed by atoms with Crippen LogP contribution in [0.15, 0.2) is 18.2 Å². The highest BCUT2D eigenvalue weighted by Gasteiger charge is 2.05. The maximum Gasteiger partial charge on any atom is 0.306 e. The summed E-state index contributed by atoms with van der Waals surface area (Å²) in [6.07, 6.45) is 2.27. The molecule has 4 heteroatoms. The summed E-state index contributed by atoms with van der Waals surface area (Å²) in [4.78, 5) is 11.3. The zero-order valence-corrected chi connectivity index (χ0v) is 10.2. The molecule has 1 rings (SSSR count). The molecule has 1 aromatic rings. The molecule has 0 spiro atoms. The maximum atomic E-state index is 11.3. The fraction of sp³-hybridized carbons (Fsp3) is 0.462. The number of methoxy groups -OCH3 is 1. The van der Waals surface area contributed by atoms with E-state index < -0.39 is 0 Å². The number of benzene rings is 1. The average Bonchev–Trinajstić information content (AvgIpc) is 2.35. The van der Waals surface area contributed by atoms with Gasteiger partial charge in [0.2, 0.25) is 0 Å². The molecule has 0 bridgehead atoms. The Bertz CT molecular complexity index is 374. The van der Waals surface area contributed by atoms with Gasteiger partial charge in [0.15, 0.2) is 11.5 Å². The molecule has 0 saturated heterocycles. The lowest BCUT2D eigenvalue weighted by Crippen LogP contribution is -2.04. The average molecular weight is 238 g/mol. The van der Waals surface area contributed by atoms with E-state index in [-0.39, 0.29) is 18.3 Å². The summed E-state index contributed by atoms with van der Waals surface area (Å²) in [6.45, 7) is 2.23. The lowest BCUT2D eigenvalue weighted by molar-refractivity contribution is -0.145. The van der Waals surface area contributed by atoms with Crippen molar-refractivity contribution in [3.05, 3.63) is 23.8 Å². The largest absolute Gasteiger partial charge is 0.504 e. The highest BCUT2D eigenvalue weighted by molar-refractivity contribution is 5.69. The Balaban J connectivity index is 2.49. The van der Waals surface area contributed by atoms with E-state index >= 15 is 0 Å². The third-order valence-corrected chi connectivity index (χ3v) is 2.38. The van der Waals surface area contributed by atoms with E-state index in [9.17, 15) is 9.90 Å². The van der Waals surface area contributed by atoms with Crippen molar-refractivity contribution in [1.82, 2.24) is 0 Å². The quantitative estimate of drug-likeness (QED) is 0.774. The molecule has 0 saturated carbocycles. The van der Waals surface area contributed by atoms with Crippen LogP contribution in [0, 0.1) is 0 Å². The first-order valence-electron chi connectivity index (χ1n) is 5.69. The first kappa shape index (κ1) is 13.4. The third-order valence-electron chi connectivity index (χ3n) is 2.38. The minimum Gasteiger partial charge on any atom is -0.504 e. The van der Waals surface area contributed by atoms with E-state index in [1.54, 1.807) is 12.1 Å². The minimum atomic E-state index is -0.195. The van der Waals surface area contributed by atoms with Gasteiger partial charge in [0.25, 0.3) is 0 Å². The van der Waals surface area contributed by atoms with Gasteiger partial charge in [-0.2, -0.15) is 0 Å². The van der Waals surface area contributed by atoms with E-state index in [4.69, 9.17) is 9.47 Å². The molecule has 0 unspecified atom stereocenters. The van der Waals surface area contributed by atoms with Crippen molar-refractivity contribution in [2.45, 2.75) is 32.8 Å². The first-order valence-corrected chi connectivity index (χ1v) is 5.69. The number of esters is 1. The molecule has 1 N–H and O–H groups in total. The van der Waals surface area contributed by atoms with Gasteiger partial charge in [-0.3, -0.25) is 4.79 Å². The lowest BCUT2D eigenvalue weighted by Gasteiger charge is -2.07. The number of carbonyl (C=O) groups is 1. The summed E-state index contributed by atoms with van der Waals surface area (Å²) in [5.74, 6) is 0.263. The molecule has 0 aromatic heterocycles. The van der Waals surface area contributed by atoms with Crippen LogP contribution in [-0.4, -0.2) is 18.2 Å². The van der Waals surface area contributed by atoms with Crippen molar-refractivity contribution in [3.63, 3.8) is 0 Å². The predicted molar refractivity (Wildman–Crippen MR) is 64.0 cm³/mol.